The van der Waals surface area contributed by atoms with Gasteiger partial charge < -0.3 is 9.73 Å². The number of nitrogens with zero attached hydrogens (tertiary/aromatic N) is 1. The highest BCUT2D eigenvalue weighted by Crippen LogP contribution is 2.29. The average Bonchev–Trinajstić information content (AvgIpc) is 2.91. The number of aliphatic imine (C=N–C) groups is 1. The van der Waals surface area contributed by atoms with E-state index in [-0.39, 0.29) is 17.6 Å². The molecule has 1 aromatic rings. The summed E-state index contributed by atoms with van der Waals surface area (Å²) in [4.78, 5) is 27.9. The zero-order valence-corrected chi connectivity index (χ0v) is 13.6. The van der Waals surface area contributed by atoms with Gasteiger partial charge in [-0.15, -0.1) is 0 Å². The molecule has 5 nitrogen and oxygen atoms in total. The summed E-state index contributed by atoms with van der Waals surface area (Å²) in [5, 5.41) is 2.84. The number of rotatable bonds is 1. The van der Waals surface area contributed by atoms with Crippen molar-refractivity contribution >= 4 is 33.5 Å². The number of amides is 2. The van der Waals surface area contributed by atoms with Crippen molar-refractivity contribution in [3.05, 3.63) is 57.6 Å². The molecule has 1 unspecified atom stereocenters. The molecular formula is C16H13BrN2O3. The minimum atomic E-state index is -0.466. The van der Waals surface area contributed by atoms with Gasteiger partial charge in [-0.05, 0) is 54.1 Å². The van der Waals surface area contributed by atoms with E-state index in [0.29, 0.717) is 10.4 Å². The van der Waals surface area contributed by atoms with E-state index in [1.807, 2.05) is 13.0 Å². The number of nitrogens with one attached hydrogen (secondary N) is 1. The van der Waals surface area contributed by atoms with Crippen LogP contribution in [0.15, 0.2) is 61.3 Å². The highest BCUT2D eigenvalue weighted by molar-refractivity contribution is 9.10. The fourth-order valence-corrected chi connectivity index (χ4v) is 2.70. The lowest BCUT2D eigenvalue weighted by Crippen LogP contribution is -2.35. The number of fused-ring (bicyclic) bond motifs is 1. The van der Waals surface area contributed by atoms with Crippen molar-refractivity contribution in [2.75, 3.05) is 0 Å². The maximum absolute atomic E-state index is 12.0. The molecular weight excluding hydrogens is 348 g/mol. The van der Waals surface area contributed by atoms with E-state index in [1.165, 1.54) is 0 Å². The molecule has 0 saturated carbocycles. The van der Waals surface area contributed by atoms with Gasteiger partial charge in [-0.1, -0.05) is 11.6 Å². The van der Waals surface area contributed by atoms with Crippen LogP contribution in [0, 0.1) is 5.92 Å². The summed E-state index contributed by atoms with van der Waals surface area (Å²) >= 11 is 3.14. The maximum Gasteiger partial charge on any atom is 0.313 e. The lowest BCUT2D eigenvalue weighted by atomic mass is 9.85. The van der Waals surface area contributed by atoms with Crippen LogP contribution in [-0.4, -0.2) is 17.5 Å². The zero-order chi connectivity index (χ0) is 15.9. The van der Waals surface area contributed by atoms with Crippen LogP contribution in [0.2, 0.25) is 0 Å². The molecule has 1 aromatic heterocycles. The van der Waals surface area contributed by atoms with Crippen molar-refractivity contribution in [3.63, 3.8) is 0 Å². The van der Waals surface area contributed by atoms with Gasteiger partial charge in [0.2, 0.25) is 0 Å². The topological polar surface area (TPSA) is 71.7 Å². The van der Waals surface area contributed by atoms with E-state index >= 15 is 0 Å². The fourth-order valence-electron chi connectivity index (χ4n) is 2.40. The molecule has 1 atom stereocenters. The largest absolute Gasteiger partial charge is 0.444 e. The summed E-state index contributed by atoms with van der Waals surface area (Å²) in [5.74, 6) is -0.389. The first-order valence-corrected chi connectivity index (χ1v) is 7.52. The third-order valence-electron chi connectivity index (χ3n) is 3.77. The molecule has 0 saturated heterocycles. The van der Waals surface area contributed by atoms with Gasteiger partial charge in [0, 0.05) is 17.2 Å². The molecule has 0 radical (unpaired) electrons. The first-order valence-electron chi connectivity index (χ1n) is 6.72. The Bertz CT molecular complexity index is 796. The van der Waals surface area contributed by atoms with Crippen molar-refractivity contribution in [1.82, 2.24) is 5.32 Å². The van der Waals surface area contributed by atoms with Gasteiger partial charge in [0.1, 0.15) is 0 Å². The van der Waals surface area contributed by atoms with Crippen molar-refractivity contribution in [1.29, 1.82) is 0 Å². The third kappa shape index (κ3) is 2.62. The lowest BCUT2D eigenvalue weighted by Gasteiger charge is -2.28. The average molecular weight is 361 g/mol. The van der Waals surface area contributed by atoms with Gasteiger partial charge >= 0.3 is 5.91 Å². The summed E-state index contributed by atoms with van der Waals surface area (Å²) in [6.45, 7) is 3.74. The van der Waals surface area contributed by atoms with Crippen LogP contribution in [0.4, 0.5) is 0 Å². The summed E-state index contributed by atoms with van der Waals surface area (Å²) < 4.78 is 5.66. The molecule has 2 amide bonds. The van der Waals surface area contributed by atoms with Crippen LogP contribution >= 0.6 is 15.9 Å². The Morgan fingerprint density at radius 3 is 2.82 bits per heavy atom. The van der Waals surface area contributed by atoms with Crippen molar-refractivity contribution in [2.24, 2.45) is 10.9 Å². The predicted molar refractivity (Wildman–Crippen MR) is 85.4 cm³/mol. The zero-order valence-electron chi connectivity index (χ0n) is 12.0. The molecule has 3 rings (SSSR count). The Morgan fingerprint density at radius 2 is 2.14 bits per heavy atom. The summed E-state index contributed by atoms with van der Waals surface area (Å²) in [7, 11) is 0. The molecule has 22 heavy (non-hydrogen) atoms. The number of carbonyl (C=O) groups excluding carboxylic acids is 2. The fraction of sp³-hybridized carbons (Fsp3) is 0.188. The second-order valence-corrected chi connectivity index (χ2v) is 5.93. The molecule has 6 heteroatoms. The van der Waals surface area contributed by atoms with E-state index < -0.39 is 5.91 Å². The van der Waals surface area contributed by atoms with Gasteiger partial charge in [-0.2, -0.15) is 0 Å². The third-order valence-corrected chi connectivity index (χ3v) is 4.20. The van der Waals surface area contributed by atoms with Crippen LogP contribution in [0.25, 0.3) is 0 Å². The molecule has 0 aromatic carbocycles. The van der Waals surface area contributed by atoms with Crippen LogP contribution < -0.4 is 5.32 Å². The number of allylic oxidation sites excluding steroid dienone is 3. The molecule has 0 fully saturated rings. The number of hydrogen-bond donors (Lipinski definition) is 1. The quantitative estimate of drug-likeness (QED) is 0.835. The van der Waals surface area contributed by atoms with Crippen molar-refractivity contribution < 1.29 is 14.0 Å². The van der Waals surface area contributed by atoms with Gasteiger partial charge in [-0.25, -0.2) is 4.99 Å². The summed E-state index contributed by atoms with van der Waals surface area (Å²) in [6, 6.07) is 3.19. The van der Waals surface area contributed by atoms with Crippen LogP contribution in [0.5, 0.6) is 0 Å². The molecule has 2 heterocycles. The summed E-state index contributed by atoms with van der Waals surface area (Å²) in [6.07, 6.45) is 5.42. The first kappa shape index (κ1) is 14.7. The Kier molecular flexibility index (Phi) is 3.70. The van der Waals surface area contributed by atoms with Gasteiger partial charge in [0.15, 0.2) is 10.4 Å². The Balaban J connectivity index is 1.89. The number of halogens is 1. The van der Waals surface area contributed by atoms with Crippen LogP contribution in [0.3, 0.4) is 0 Å². The highest BCUT2D eigenvalue weighted by atomic mass is 79.9. The molecule has 112 valence electrons. The Labute approximate surface area is 135 Å². The Morgan fingerprint density at radius 1 is 1.36 bits per heavy atom. The highest BCUT2D eigenvalue weighted by Gasteiger charge is 2.27. The van der Waals surface area contributed by atoms with E-state index in [2.05, 4.69) is 26.2 Å². The molecule has 1 N–H and O–H groups in total. The van der Waals surface area contributed by atoms with E-state index in [9.17, 15) is 9.59 Å². The minimum absolute atomic E-state index is 0.0320. The second-order valence-electron chi connectivity index (χ2n) is 5.14. The van der Waals surface area contributed by atoms with Gasteiger partial charge in [0.25, 0.3) is 5.91 Å². The van der Waals surface area contributed by atoms with Gasteiger partial charge in [-0.3, -0.25) is 9.59 Å². The normalized spacial score (nSPS) is 22.5. The smallest absolute Gasteiger partial charge is 0.313 e. The predicted octanol–water partition coefficient (Wildman–Crippen LogP) is 3.16. The monoisotopic (exact) mass is 360 g/mol. The molecule has 0 spiro atoms. The second kappa shape index (κ2) is 5.53. The van der Waals surface area contributed by atoms with E-state index in [4.69, 9.17) is 4.42 Å². The maximum atomic E-state index is 12.0. The first-order chi connectivity index (χ1) is 10.5. The van der Waals surface area contributed by atoms with Crippen LogP contribution in [0.1, 0.15) is 24.4 Å². The van der Waals surface area contributed by atoms with Crippen molar-refractivity contribution in [3.8, 4) is 0 Å². The standard InChI is InChI=1S/C16H13BrN2O3/c1-8-9(2)15(20)19-12-7-10(3-4-11(8)12)18-16(21)13-5-6-14(17)22-13/h3-7,11H,1-2H3,(H,19,20). The molecule has 2 aliphatic rings. The lowest BCUT2D eigenvalue weighted by molar-refractivity contribution is -0.117. The molecule has 0 bridgehead atoms. The SMILES string of the molecule is CC1=C(C)C2C=CC(=NC(=O)c3ccc(Br)o3)C=C2NC1=O. The molecule has 1 aliphatic carbocycles. The number of carbonyl (C=O) groups is 2. The molecule has 1 aliphatic heterocycles. The number of hydrogen-bond acceptors (Lipinski definition) is 3. The van der Waals surface area contributed by atoms with Crippen LogP contribution in [-0.2, 0) is 4.79 Å². The van der Waals surface area contributed by atoms with E-state index in [1.54, 1.807) is 31.2 Å². The van der Waals surface area contributed by atoms with Gasteiger partial charge in [0.05, 0.1) is 5.71 Å². The Hall–Kier alpha value is -2.21. The summed E-state index contributed by atoms with van der Waals surface area (Å²) in [5.41, 5.74) is 2.95. The number of furan rings is 1. The minimum Gasteiger partial charge on any atom is -0.444 e. The van der Waals surface area contributed by atoms with Crippen molar-refractivity contribution in [2.45, 2.75) is 13.8 Å². The van der Waals surface area contributed by atoms with E-state index in [0.717, 1.165) is 16.8 Å².